The summed E-state index contributed by atoms with van der Waals surface area (Å²) >= 11 is 0. The van der Waals surface area contributed by atoms with Crippen LogP contribution in [0.3, 0.4) is 0 Å². The summed E-state index contributed by atoms with van der Waals surface area (Å²) < 4.78 is 9.05. The number of hydrogen-bond acceptors (Lipinski definition) is 3. The maximum Gasteiger partial charge on any atom is 0.492 e. The van der Waals surface area contributed by atoms with Crippen LogP contribution < -0.4 is 10.2 Å². The predicted octanol–water partition coefficient (Wildman–Crippen LogP) is 7.31. The van der Waals surface area contributed by atoms with Crippen LogP contribution in [0.15, 0.2) is 103 Å². The van der Waals surface area contributed by atoms with E-state index in [1.807, 2.05) is 12.1 Å². The summed E-state index contributed by atoms with van der Waals surface area (Å²) in [5, 5.41) is 22.9. The van der Waals surface area contributed by atoms with Gasteiger partial charge >= 0.3 is 7.12 Å². The van der Waals surface area contributed by atoms with Crippen molar-refractivity contribution >= 4 is 40.0 Å². The Hall–Kier alpha value is -4.32. The van der Waals surface area contributed by atoms with Gasteiger partial charge in [-0.3, -0.25) is 0 Å². The zero-order valence-corrected chi connectivity index (χ0v) is 24.2. The Balaban J connectivity index is 1.45. The van der Waals surface area contributed by atoms with Gasteiger partial charge in [-0.05, 0) is 41.0 Å². The van der Waals surface area contributed by atoms with Crippen molar-refractivity contribution < 1.29 is 14.8 Å². The molecule has 2 bridgehead atoms. The molecule has 42 heavy (non-hydrogen) atoms. The molecule has 1 unspecified atom stereocenters. The molecule has 0 saturated heterocycles. The first kappa shape index (κ1) is 25.4. The van der Waals surface area contributed by atoms with E-state index in [2.05, 4.69) is 117 Å². The van der Waals surface area contributed by atoms with Gasteiger partial charge < -0.3 is 19.4 Å². The van der Waals surface area contributed by atoms with Crippen LogP contribution in [0.5, 0.6) is 11.5 Å². The van der Waals surface area contributed by atoms with Crippen LogP contribution in [0.25, 0.3) is 33.1 Å². The molecule has 0 fully saturated rings. The smallest absolute Gasteiger partial charge is 0.455 e. The molecule has 4 aromatic carbocycles. The highest BCUT2D eigenvalue weighted by Crippen LogP contribution is 2.52. The first-order valence-corrected chi connectivity index (χ1v) is 14.6. The van der Waals surface area contributed by atoms with Crippen LogP contribution in [0.4, 0.5) is 0 Å². The van der Waals surface area contributed by atoms with Gasteiger partial charge in [-0.2, -0.15) is 0 Å². The Bertz CT molecular complexity index is 2060. The van der Waals surface area contributed by atoms with E-state index in [1.54, 1.807) is 6.07 Å². The van der Waals surface area contributed by atoms with E-state index in [0.717, 1.165) is 33.6 Å². The van der Waals surface area contributed by atoms with Gasteiger partial charge in [-0.25, -0.2) is 0 Å². The summed E-state index contributed by atoms with van der Waals surface area (Å²) in [6.07, 6.45) is 11.3. The standard InChI is InChI=1S/C37H32BNO3/c1-36(2)23-12-6-5-11-22(19-23)25-20-26-24-13-7-8-17-31(24)39(33(26)21-29(25)36)32-18-10-15-28-35(32)42-34-27(37(28,3)4)14-9-16-30(34)38(40)41/h5-21,23,40-41H,1-4H3. The second kappa shape index (κ2) is 8.60. The van der Waals surface area contributed by atoms with E-state index in [0.29, 0.717) is 17.1 Å². The summed E-state index contributed by atoms with van der Waals surface area (Å²) in [6, 6.07) is 25.3. The van der Waals surface area contributed by atoms with Crippen molar-refractivity contribution in [1.82, 2.24) is 4.57 Å². The summed E-state index contributed by atoms with van der Waals surface area (Å²) in [5.74, 6) is 1.56. The van der Waals surface area contributed by atoms with Crippen molar-refractivity contribution in [3.05, 3.63) is 125 Å². The number of nitrogens with zero attached hydrogens (tertiary/aromatic N) is 1. The van der Waals surface area contributed by atoms with Crippen LogP contribution in [-0.4, -0.2) is 21.7 Å². The molecule has 0 amide bonds. The maximum atomic E-state index is 10.2. The summed E-state index contributed by atoms with van der Waals surface area (Å²) in [7, 11) is -1.63. The third-order valence-electron chi connectivity index (χ3n) is 9.82. The third-order valence-corrected chi connectivity index (χ3v) is 9.82. The summed E-state index contributed by atoms with van der Waals surface area (Å²) in [5.41, 5.74) is 8.93. The van der Waals surface area contributed by atoms with Crippen LogP contribution in [0.1, 0.15) is 49.9 Å². The minimum absolute atomic E-state index is 0.0868. The molecule has 1 atom stereocenters. The highest BCUT2D eigenvalue weighted by Gasteiger charge is 2.39. The molecule has 206 valence electrons. The number of hydrogen-bond donors (Lipinski definition) is 2. The van der Waals surface area contributed by atoms with Crippen molar-refractivity contribution in [3.63, 3.8) is 0 Å². The highest BCUT2D eigenvalue weighted by atomic mass is 16.5. The summed E-state index contributed by atoms with van der Waals surface area (Å²) in [4.78, 5) is 0. The van der Waals surface area contributed by atoms with Crippen molar-refractivity contribution in [3.8, 4) is 17.2 Å². The van der Waals surface area contributed by atoms with Crippen LogP contribution in [0.2, 0.25) is 0 Å². The Morgan fingerprint density at radius 3 is 2.33 bits per heavy atom. The molecule has 1 aromatic heterocycles. The van der Waals surface area contributed by atoms with Gasteiger partial charge in [-0.15, -0.1) is 0 Å². The zero-order valence-electron chi connectivity index (χ0n) is 24.2. The van der Waals surface area contributed by atoms with Gasteiger partial charge in [0.15, 0.2) is 5.75 Å². The molecule has 4 nitrogen and oxygen atoms in total. The molecule has 2 aliphatic carbocycles. The molecular weight excluding hydrogens is 517 g/mol. The van der Waals surface area contributed by atoms with Gasteiger partial charge in [0.2, 0.25) is 0 Å². The molecule has 2 heterocycles. The van der Waals surface area contributed by atoms with Crippen LogP contribution in [0, 0.1) is 5.92 Å². The lowest BCUT2D eigenvalue weighted by Gasteiger charge is -2.37. The molecule has 8 rings (SSSR count). The average molecular weight is 549 g/mol. The lowest BCUT2D eigenvalue weighted by Crippen LogP contribution is -2.35. The lowest BCUT2D eigenvalue weighted by atomic mass is 9.66. The molecule has 2 N–H and O–H groups in total. The largest absolute Gasteiger partial charge is 0.492 e. The first-order valence-electron chi connectivity index (χ1n) is 14.6. The van der Waals surface area contributed by atoms with Crippen molar-refractivity contribution in [2.75, 3.05) is 0 Å². The van der Waals surface area contributed by atoms with Gasteiger partial charge in [0.05, 0.1) is 16.7 Å². The monoisotopic (exact) mass is 549 g/mol. The molecule has 0 saturated carbocycles. The van der Waals surface area contributed by atoms with Gasteiger partial charge in [-0.1, -0.05) is 107 Å². The third kappa shape index (κ3) is 3.32. The van der Waals surface area contributed by atoms with Crippen molar-refractivity contribution in [1.29, 1.82) is 0 Å². The molecule has 5 aromatic rings. The number of fused-ring (bicyclic) bond motifs is 8. The molecule has 0 radical (unpaired) electrons. The van der Waals surface area contributed by atoms with Crippen molar-refractivity contribution in [2.24, 2.45) is 5.92 Å². The second-order valence-electron chi connectivity index (χ2n) is 12.9. The zero-order chi connectivity index (χ0) is 29.0. The average Bonchev–Trinajstić information content (AvgIpc) is 3.11. The Morgan fingerprint density at radius 2 is 1.52 bits per heavy atom. The molecule has 0 spiro atoms. The minimum Gasteiger partial charge on any atom is -0.455 e. The van der Waals surface area contributed by atoms with E-state index in [9.17, 15) is 10.0 Å². The second-order valence-corrected chi connectivity index (χ2v) is 12.9. The highest BCUT2D eigenvalue weighted by molar-refractivity contribution is 6.59. The van der Waals surface area contributed by atoms with Gasteiger partial charge in [0.25, 0.3) is 0 Å². The Labute approximate surface area is 246 Å². The van der Waals surface area contributed by atoms with Gasteiger partial charge in [0, 0.05) is 44.1 Å². The quantitative estimate of drug-likeness (QED) is 0.227. The fourth-order valence-corrected chi connectivity index (χ4v) is 7.41. The van der Waals surface area contributed by atoms with E-state index < -0.39 is 12.5 Å². The fourth-order valence-electron chi connectivity index (χ4n) is 7.41. The number of rotatable bonds is 2. The minimum atomic E-state index is -1.63. The molecule has 5 heteroatoms. The van der Waals surface area contributed by atoms with Crippen LogP contribution in [-0.2, 0) is 10.8 Å². The van der Waals surface area contributed by atoms with Crippen LogP contribution >= 0.6 is 0 Å². The maximum absolute atomic E-state index is 10.2. The fraction of sp³-hybridized carbons (Fsp3) is 0.189. The number of allylic oxidation sites excluding steroid dienone is 6. The summed E-state index contributed by atoms with van der Waals surface area (Å²) in [6.45, 7) is 9.03. The van der Waals surface area contributed by atoms with Crippen molar-refractivity contribution in [2.45, 2.75) is 38.5 Å². The number of para-hydroxylation sites is 3. The SMILES string of the molecule is CC1(C)c2cccc(B(O)O)c2Oc2c(-n3c4ccccc4c4cc5c(cc43)C(C)(C)C3C=CC=CC5=C3)cccc21. The van der Waals surface area contributed by atoms with Gasteiger partial charge in [0.1, 0.15) is 5.75 Å². The van der Waals surface area contributed by atoms with E-state index in [-0.39, 0.29) is 5.41 Å². The Morgan fingerprint density at radius 1 is 0.762 bits per heavy atom. The number of ether oxygens (including phenoxy) is 1. The predicted molar refractivity (Wildman–Crippen MR) is 172 cm³/mol. The van der Waals surface area contributed by atoms with E-state index >= 15 is 0 Å². The topological polar surface area (TPSA) is 54.6 Å². The molecule has 3 aliphatic rings. The first-order chi connectivity index (χ1) is 20.2. The normalized spacial score (nSPS) is 19.0. The van der Waals surface area contributed by atoms with E-state index in [1.165, 1.54) is 27.5 Å². The number of aromatic nitrogens is 1. The number of benzene rings is 4. The van der Waals surface area contributed by atoms with E-state index in [4.69, 9.17) is 4.74 Å². The molecular formula is C37H32BNO3. The molecule has 1 aliphatic heterocycles. The lowest BCUT2D eigenvalue weighted by molar-refractivity contribution is 0.405. The Kier molecular flexibility index (Phi) is 5.20.